The minimum atomic E-state index is -0.306. The summed E-state index contributed by atoms with van der Waals surface area (Å²) in [7, 11) is 0. The van der Waals surface area contributed by atoms with Gasteiger partial charge in [0, 0.05) is 42.1 Å². The molecular formula is C27H26FN3O2S. The zero-order valence-corrected chi connectivity index (χ0v) is 19.8. The molecule has 0 bridgehead atoms. The number of carbonyl (C=O) groups is 2. The molecule has 34 heavy (non-hydrogen) atoms. The number of nitrogens with zero attached hydrogens (tertiary/aromatic N) is 2. The molecule has 1 aliphatic rings. The first kappa shape index (κ1) is 23.7. The summed E-state index contributed by atoms with van der Waals surface area (Å²) in [6.45, 7) is 3.34. The van der Waals surface area contributed by atoms with Crippen LogP contribution in [-0.2, 0) is 4.79 Å². The largest absolute Gasteiger partial charge is 0.332 e. The molecule has 0 spiro atoms. The van der Waals surface area contributed by atoms with E-state index in [-0.39, 0.29) is 23.5 Å². The maximum atomic E-state index is 13.3. The molecule has 1 saturated heterocycles. The van der Waals surface area contributed by atoms with Gasteiger partial charge in [0.15, 0.2) is 0 Å². The Balaban J connectivity index is 1.39. The van der Waals surface area contributed by atoms with E-state index in [4.69, 9.17) is 0 Å². The van der Waals surface area contributed by atoms with Gasteiger partial charge in [-0.2, -0.15) is 0 Å². The number of hydrogen-bond acceptors (Lipinski definition) is 4. The summed E-state index contributed by atoms with van der Waals surface area (Å²) in [6, 6.07) is 13.6. The van der Waals surface area contributed by atoms with E-state index >= 15 is 0 Å². The van der Waals surface area contributed by atoms with Crippen molar-refractivity contribution in [3.8, 4) is 23.0 Å². The molecule has 4 rings (SSSR count). The minimum absolute atomic E-state index is 0.106. The SMILES string of the molecule is CCCC#CC(=O)N1CCC(c2nc(C(=O)Nc3ccccc3-c3ccc(F)cc3)cs2)CC1. The van der Waals surface area contributed by atoms with E-state index in [0.29, 0.717) is 24.5 Å². The van der Waals surface area contributed by atoms with E-state index in [0.717, 1.165) is 41.8 Å². The maximum absolute atomic E-state index is 13.3. The molecule has 0 radical (unpaired) electrons. The monoisotopic (exact) mass is 475 g/mol. The summed E-state index contributed by atoms with van der Waals surface area (Å²) in [5.74, 6) is 5.17. The first-order valence-corrected chi connectivity index (χ1v) is 12.3. The van der Waals surface area contributed by atoms with Gasteiger partial charge >= 0.3 is 0 Å². The molecular weight excluding hydrogens is 449 g/mol. The number of benzene rings is 2. The molecule has 0 saturated carbocycles. The van der Waals surface area contributed by atoms with Crippen molar-refractivity contribution in [3.63, 3.8) is 0 Å². The average Bonchev–Trinajstić information content (AvgIpc) is 3.36. The van der Waals surface area contributed by atoms with Crippen LogP contribution in [0.2, 0.25) is 0 Å². The number of anilines is 1. The zero-order valence-electron chi connectivity index (χ0n) is 19.0. The molecule has 0 aliphatic carbocycles. The van der Waals surface area contributed by atoms with E-state index in [1.54, 1.807) is 22.4 Å². The van der Waals surface area contributed by atoms with Crippen molar-refractivity contribution in [2.45, 2.75) is 38.5 Å². The van der Waals surface area contributed by atoms with Crippen LogP contribution in [0.3, 0.4) is 0 Å². The molecule has 2 aromatic carbocycles. The molecule has 7 heteroatoms. The van der Waals surface area contributed by atoms with Gasteiger partial charge < -0.3 is 10.2 Å². The average molecular weight is 476 g/mol. The number of rotatable bonds is 5. The summed E-state index contributed by atoms with van der Waals surface area (Å²) in [5.41, 5.74) is 2.64. The number of halogens is 1. The Kier molecular flexibility index (Phi) is 7.71. The molecule has 1 aliphatic heterocycles. The first-order chi connectivity index (χ1) is 16.5. The molecule has 1 N–H and O–H groups in total. The van der Waals surface area contributed by atoms with Crippen molar-refractivity contribution in [1.82, 2.24) is 9.88 Å². The Hall–Kier alpha value is -3.50. The van der Waals surface area contributed by atoms with Crippen molar-refractivity contribution >= 4 is 28.8 Å². The van der Waals surface area contributed by atoms with Gasteiger partial charge in [-0.05, 0) is 48.9 Å². The van der Waals surface area contributed by atoms with Crippen molar-refractivity contribution in [3.05, 3.63) is 70.4 Å². The number of likely N-dealkylation sites (tertiary alicyclic amines) is 1. The lowest BCUT2D eigenvalue weighted by Crippen LogP contribution is -2.37. The fourth-order valence-electron chi connectivity index (χ4n) is 3.91. The summed E-state index contributed by atoms with van der Waals surface area (Å²) in [5, 5.41) is 5.64. The first-order valence-electron chi connectivity index (χ1n) is 11.4. The Bertz CT molecular complexity index is 1220. The molecule has 3 aromatic rings. The predicted octanol–water partition coefficient (Wildman–Crippen LogP) is 5.71. The minimum Gasteiger partial charge on any atom is -0.332 e. The van der Waals surface area contributed by atoms with E-state index in [9.17, 15) is 14.0 Å². The van der Waals surface area contributed by atoms with Gasteiger partial charge in [0.2, 0.25) is 0 Å². The second-order valence-corrected chi connectivity index (χ2v) is 9.09. The molecule has 2 amide bonds. The fourth-order valence-corrected chi connectivity index (χ4v) is 4.88. The Labute approximate surface area is 203 Å². The quantitative estimate of drug-likeness (QED) is 0.481. The summed E-state index contributed by atoms with van der Waals surface area (Å²) in [6.07, 6.45) is 3.30. The standard InChI is InChI=1S/C27H26FN3O2S/c1-2-3-4-9-25(32)31-16-14-20(15-17-31)27-30-24(18-34-27)26(33)29-23-8-6-5-7-22(23)19-10-12-21(28)13-11-19/h5-8,10-13,18,20H,2-3,14-17H2,1H3,(H,29,33). The number of thiazole rings is 1. The second-order valence-electron chi connectivity index (χ2n) is 8.20. The molecule has 2 heterocycles. The lowest BCUT2D eigenvalue weighted by Gasteiger charge is -2.29. The summed E-state index contributed by atoms with van der Waals surface area (Å²) < 4.78 is 13.3. The number of aromatic nitrogens is 1. The van der Waals surface area contributed by atoms with Crippen LogP contribution >= 0.6 is 11.3 Å². The Morgan fingerprint density at radius 3 is 2.62 bits per heavy atom. The van der Waals surface area contributed by atoms with Gasteiger partial charge in [0.1, 0.15) is 11.5 Å². The normalized spacial score (nSPS) is 13.8. The van der Waals surface area contributed by atoms with Gasteiger partial charge in [-0.15, -0.1) is 11.3 Å². The van der Waals surface area contributed by atoms with Crippen LogP contribution < -0.4 is 5.32 Å². The molecule has 0 atom stereocenters. The van der Waals surface area contributed by atoms with Crippen molar-refractivity contribution < 1.29 is 14.0 Å². The molecule has 174 valence electrons. The van der Waals surface area contributed by atoms with Crippen LogP contribution in [0.25, 0.3) is 11.1 Å². The van der Waals surface area contributed by atoms with E-state index in [2.05, 4.69) is 22.1 Å². The van der Waals surface area contributed by atoms with Crippen LogP contribution in [0.1, 0.15) is 54.0 Å². The molecule has 1 aromatic heterocycles. The van der Waals surface area contributed by atoms with Crippen LogP contribution in [0.4, 0.5) is 10.1 Å². The highest BCUT2D eigenvalue weighted by Gasteiger charge is 2.26. The third-order valence-corrected chi connectivity index (χ3v) is 6.79. The number of piperidine rings is 1. The highest BCUT2D eigenvalue weighted by atomic mass is 32.1. The topological polar surface area (TPSA) is 62.3 Å². The van der Waals surface area contributed by atoms with Gasteiger partial charge in [-0.3, -0.25) is 9.59 Å². The highest BCUT2D eigenvalue weighted by Crippen LogP contribution is 2.31. The third-order valence-electron chi connectivity index (χ3n) is 5.79. The number of nitrogens with one attached hydrogen (secondary N) is 1. The van der Waals surface area contributed by atoms with Gasteiger partial charge in [-0.1, -0.05) is 43.2 Å². The van der Waals surface area contributed by atoms with E-state index < -0.39 is 0 Å². The van der Waals surface area contributed by atoms with Gasteiger partial charge in [-0.25, -0.2) is 9.37 Å². The third kappa shape index (κ3) is 5.70. The smallest absolute Gasteiger partial charge is 0.298 e. The van der Waals surface area contributed by atoms with Gasteiger partial charge in [0.25, 0.3) is 11.8 Å². The van der Waals surface area contributed by atoms with Gasteiger partial charge in [0.05, 0.1) is 5.01 Å². The molecule has 0 unspecified atom stereocenters. The fraction of sp³-hybridized carbons (Fsp3) is 0.296. The number of amides is 2. The lowest BCUT2D eigenvalue weighted by molar-refractivity contribution is -0.126. The zero-order chi connectivity index (χ0) is 23.9. The Morgan fingerprint density at radius 2 is 1.88 bits per heavy atom. The summed E-state index contributed by atoms with van der Waals surface area (Å²) in [4.78, 5) is 31.5. The summed E-state index contributed by atoms with van der Waals surface area (Å²) >= 11 is 1.48. The van der Waals surface area contributed by atoms with Crippen LogP contribution in [0.5, 0.6) is 0 Å². The lowest BCUT2D eigenvalue weighted by atomic mass is 9.97. The second kappa shape index (κ2) is 11.1. The van der Waals surface area contributed by atoms with E-state index in [1.165, 1.54) is 23.5 Å². The van der Waals surface area contributed by atoms with Crippen LogP contribution in [0.15, 0.2) is 53.9 Å². The number of carbonyl (C=O) groups excluding carboxylic acids is 2. The van der Waals surface area contributed by atoms with Crippen LogP contribution in [0, 0.1) is 17.7 Å². The Morgan fingerprint density at radius 1 is 1.15 bits per heavy atom. The van der Waals surface area contributed by atoms with Crippen molar-refractivity contribution in [2.75, 3.05) is 18.4 Å². The predicted molar refractivity (Wildman–Crippen MR) is 133 cm³/mol. The molecule has 5 nitrogen and oxygen atoms in total. The number of hydrogen-bond donors (Lipinski definition) is 1. The number of para-hydroxylation sites is 1. The van der Waals surface area contributed by atoms with Crippen molar-refractivity contribution in [1.29, 1.82) is 0 Å². The number of unbranched alkanes of at least 4 members (excludes halogenated alkanes) is 1. The van der Waals surface area contributed by atoms with Crippen LogP contribution in [-0.4, -0.2) is 34.8 Å². The molecule has 1 fully saturated rings. The maximum Gasteiger partial charge on any atom is 0.298 e. The van der Waals surface area contributed by atoms with E-state index in [1.807, 2.05) is 31.2 Å². The van der Waals surface area contributed by atoms with Crippen molar-refractivity contribution in [2.24, 2.45) is 0 Å². The highest BCUT2D eigenvalue weighted by molar-refractivity contribution is 7.10.